The molecule has 6 heteroatoms. The number of carbonyl (C=O) groups is 2. The van der Waals surface area contributed by atoms with Crippen molar-refractivity contribution < 1.29 is 18.7 Å². The molecule has 26 heavy (non-hydrogen) atoms. The lowest BCUT2D eigenvalue weighted by molar-refractivity contribution is -0.119. The van der Waals surface area contributed by atoms with Crippen LogP contribution >= 0.6 is 0 Å². The molecule has 0 saturated carbocycles. The first-order valence-electron chi connectivity index (χ1n) is 8.62. The number of carbonyl (C=O) groups excluding carboxylic acids is 2. The number of Topliss-reactive ketones (excluding diaryl/α,β-unsaturated/α-hetero) is 1. The average Bonchev–Trinajstić information content (AvgIpc) is 2.67. The zero-order valence-electron chi connectivity index (χ0n) is 14.9. The van der Waals surface area contributed by atoms with Crippen molar-refractivity contribution in [2.45, 2.75) is 32.1 Å². The van der Waals surface area contributed by atoms with Gasteiger partial charge < -0.3 is 4.74 Å². The number of aromatic nitrogens is 1. The van der Waals surface area contributed by atoms with Gasteiger partial charge in [-0.05, 0) is 49.6 Å². The van der Waals surface area contributed by atoms with Crippen LogP contribution in [0.2, 0.25) is 0 Å². The van der Waals surface area contributed by atoms with E-state index in [9.17, 15) is 14.0 Å². The van der Waals surface area contributed by atoms with E-state index in [-0.39, 0.29) is 23.9 Å². The highest BCUT2D eigenvalue weighted by Crippen LogP contribution is 2.28. The number of aryl methyl sites for hydroxylation is 1. The Hall–Kier alpha value is -2.76. The Labute approximate surface area is 151 Å². The molecule has 0 radical (unpaired) electrons. The summed E-state index contributed by atoms with van der Waals surface area (Å²) in [6.45, 7) is 2.42. The number of halogens is 1. The first-order chi connectivity index (χ1) is 12.5. The van der Waals surface area contributed by atoms with Crippen LogP contribution in [-0.2, 0) is 22.4 Å². The van der Waals surface area contributed by atoms with Crippen molar-refractivity contribution in [1.82, 2.24) is 4.98 Å². The SMILES string of the molecule is COC(=O)N1CCCc2nc(C(C)C(=O)Cc3ccc(F)cc3)ccc21. The Morgan fingerprint density at radius 1 is 1.23 bits per heavy atom. The van der Waals surface area contributed by atoms with Crippen LogP contribution in [0.1, 0.15) is 36.2 Å². The lowest BCUT2D eigenvalue weighted by atomic mass is 9.95. The van der Waals surface area contributed by atoms with Crippen LogP contribution in [0.5, 0.6) is 0 Å². The summed E-state index contributed by atoms with van der Waals surface area (Å²) >= 11 is 0. The molecule has 2 heterocycles. The van der Waals surface area contributed by atoms with Crippen molar-refractivity contribution in [1.29, 1.82) is 0 Å². The Bertz CT molecular complexity index is 820. The molecule has 136 valence electrons. The van der Waals surface area contributed by atoms with Gasteiger partial charge in [-0.3, -0.25) is 14.7 Å². The van der Waals surface area contributed by atoms with Crippen molar-refractivity contribution in [3.8, 4) is 0 Å². The Balaban J connectivity index is 1.77. The second-order valence-corrected chi connectivity index (χ2v) is 6.42. The van der Waals surface area contributed by atoms with E-state index in [0.29, 0.717) is 12.2 Å². The monoisotopic (exact) mass is 356 g/mol. The van der Waals surface area contributed by atoms with E-state index in [2.05, 4.69) is 4.98 Å². The van der Waals surface area contributed by atoms with Gasteiger partial charge in [-0.25, -0.2) is 9.18 Å². The third-order valence-corrected chi connectivity index (χ3v) is 4.67. The minimum atomic E-state index is -0.402. The Kier molecular flexibility index (Phi) is 5.30. The van der Waals surface area contributed by atoms with Crippen LogP contribution in [0.4, 0.5) is 14.9 Å². The van der Waals surface area contributed by atoms with Gasteiger partial charge in [-0.15, -0.1) is 0 Å². The van der Waals surface area contributed by atoms with E-state index in [1.807, 2.05) is 13.0 Å². The van der Waals surface area contributed by atoms with E-state index >= 15 is 0 Å². The van der Waals surface area contributed by atoms with Crippen LogP contribution in [0.15, 0.2) is 36.4 Å². The molecule has 3 rings (SSSR count). The number of amides is 1. The van der Waals surface area contributed by atoms with Gasteiger partial charge in [0.2, 0.25) is 0 Å². The van der Waals surface area contributed by atoms with Gasteiger partial charge in [0.1, 0.15) is 11.6 Å². The molecule has 0 saturated heterocycles. The molecule has 1 aromatic carbocycles. The van der Waals surface area contributed by atoms with Crippen molar-refractivity contribution in [2.24, 2.45) is 0 Å². The average molecular weight is 356 g/mol. The number of ether oxygens (including phenoxy) is 1. The van der Waals surface area contributed by atoms with E-state index in [1.165, 1.54) is 19.2 Å². The number of nitrogens with zero attached hydrogens (tertiary/aromatic N) is 2. The van der Waals surface area contributed by atoms with Crippen LogP contribution in [0.3, 0.4) is 0 Å². The number of methoxy groups -OCH3 is 1. The van der Waals surface area contributed by atoms with E-state index in [4.69, 9.17) is 4.74 Å². The van der Waals surface area contributed by atoms with Crippen LogP contribution in [0, 0.1) is 5.82 Å². The summed E-state index contributed by atoms with van der Waals surface area (Å²) in [7, 11) is 1.36. The standard InChI is InChI=1S/C20H21FN2O3/c1-13(19(24)12-14-5-7-15(21)8-6-14)16-9-10-18-17(22-16)4-3-11-23(18)20(25)26-2/h5-10,13H,3-4,11-12H2,1-2H3. The van der Waals surface area contributed by atoms with Gasteiger partial charge in [-0.1, -0.05) is 12.1 Å². The van der Waals surface area contributed by atoms with E-state index in [0.717, 1.165) is 29.8 Å². The molecule has 0 aliphatic carbocycles. The molecule has 0 bridgehead atoms. The van der Waals surface area contributed by atoms with E-state index in [1.54, 1.807) is 23.1 Å². The van der Waals surface area contributed by atoms with Gasteiger partial charge in [0, 0.05) is 13.0 Å². The second kappa shape index (κ2) is 7.64. The van der Waals surface area contributed by atoms with Gasteiger partial charge in [-0.2, -0.15) is 0 Å². The molecule has 1 aliphatic rings. The highest BCUT2D eigenvalue weighted by atomic mass is 19.1. The normalized spacial score (nSPS) is 14.5. The fourth-order valence-corrected chi connectivity index (χ4v) is 3.13. The Morgan fingerprint density at radius 3 is 2.65 bits per heavy atom. The van der Waals surface area contributed by atoms with Crippen molar-refractivity contribution >= 4 is 17.6 Å². The molecule has 0 spiro atoms. The lowest BCUT2D eigenvalue weighted by Gasteiger charge is -2.28. The number of hydrogen-bond acceptors (Lipinski definition) is 4. The predicted octanol–water partition coefficient (Wildman–Crippen LogP) is 3.66. The third kappa shape index (κ3) is 3.74. The largest absolute Gasteiger partial charge is 0.452 e. The maximum Gasteiger partial charge on any atom is 0.414 e. The van der Waals surface area contributed by atoms with E-state index < -0.39 is 6.09 Å². The molecule has 1 atom stereocenters. The fraction of sp³-hybridized carbons (Fsp3) is 0.350. The molecular formula is C20H21FN2O3. The quantitative estimate of drug-likeness (QED) is 0.839. The molecule has 1 unspecified atom stereocenters. The number of rotatable bonds is 4. The summed E-state index contributed by atoms with van der Waals surface area (Å²) in [5.41, 5.74) is 3.01. The summed E-state index contributed by atoms with van der Waals surface area (Å²) in [5.74, 6) is -0.677. The van der Waals surface area contributed by atoms with Crippen LogP contribution in [-0.4, -0.2) is 30.5 Å². The highest BCUT2D eigenvalue weighted by Gasteiger charge is 2.26. The number of pyridine rings is 1. The topological polar surface area (TPSA) is 59.5 Å². The predicted molar refractivity (Wildman–Crippen MR) is 95.8 cm³/mol. The molecule has 0 N–H and O–H groups in total. The molecule has 1 amide bonds. The summed E-state index contributed by atoms with van der Waals surface area (Å²) < 4.78 is 17.8. The van der Waals surface area contributed by atoms with Gasteiger partial charge in [0.05, 0.1) is 30.1 Å². The molecule has 1 aliphatic heterocycles. The summed E-state index contributed by atoms with van der Waals surface area (Å²) in [6.07, 6.45) is 1.39. The summed E-state index contributed by atoms with van der Waals surface area (Å²) in [5, 5.41) is 0. The van der Waals surface area contributed by atoms with Gasteiger partial charge >= 0.3 is 6.09 Å². The number of fused-ring (bicyclic) bond motifs is 1. The second-order valence-electron chi connectivity index (χ2n) is 6.42. The smallest absolute Gasteiger partial charge is 0.414 e. The molecule has 2 aromatic rings. The zero-order chi connectivity index (χ0) is 18.7. The number of ketones is 1. The maximum absolute atomic E-state index is 13.0. The summed E-state index contributed by atoms with van der Waals surface area (Å²) in [6, 6.07) is 9.56. The minimum Gasteiger partial charge on any atom is -0.452 e. The molecule has 1 aromatic heterocycles. The third-order valence-electron chi connectivity index (χ3n) is 4.67. The Morgan fingerprint density at radius 2 is 1.96 bits per heavy atom. The molecule has 5 nitrogen and oxygen atoms in total. The first kappa shape index (κ1) is 18.0. The molecular weight excluding hydrogens is 335 g/mol. The number of benzene rings is 1. The minimum absolute atomic E-state index is 0.0182. The van der Waals surface area contributed by atoms with Crippen molar-refractivity contribution in [3.05, 3.63) is 59.2 Å². The zero-order valence-corrected chi connectivity index (χ0v) is 14.9. The first-order valence-corrected chi connectivity index (χ1v) is 8.62. The van der Waals surface area contributed by atoms with Crippen molar-refractivity contribution in [3.63, 3.8) is 0 Å². The highest BCUT2D eigenvalue weighted by molar-refractivity contribution is 5.89. The number of anilines is 1. The number of hydrogen-bond donors (Lipinski definition) is 0. The molecule has 0 fully saturated rings. The summed E-state index contributed by atoms with van der Waals surface area (Å²) in [4.78, 5) is 30.6. The van der Waals surface area contributed by atoms with Crippen molar-refractivity contribution in [2.75, 3.05) is 18.6 Å². The maximum atomic E-state index is 13.0. The van der Waals surface area contributed by atoms with Crippen LogP contribution in [0.25, 0.3) is 0 Å². The van der Waals surface area contributed by atoms with Crippen LogP contribution < -0.4 is 4.90 Å². The van der Waals surface area contributed by atoms with Gasteiger partial charge in [0.15, 0.2) is 0 Å². The fourth-order valence-electron chi connectivity index (χ4n) is 3.13. The van der Waals surface area contributed by atoms with Gasteiger partial charge in [0.25, 0.3) is 0 Å². The lowest BCUT2D eigenvalue weighted by Crippen LogP contribution is -2.35.